The van der Waals surface area contributed by atoms with Crippen molar-refractivity contribution >= 4 is 17.6 Å². The van der Waals surface area contributed by atoms with Gasteiger partial charge in [-0.25, -0.2) is 0 Å². The highest BCUT2D eigenvalue weighted by atomic mass is 16.6. The highest BCUT2D eigenvalue weighted by Crippen LogP contribution is 2.46. The largest absolute Gasteiger partial charge is 0.279 e. The second kappa shape index (κ2) is 5.07. The molecule has 0 aliphatic heterocycles. The number of nitrogens with one attached hydrogen (secondary N) is 1. The van der Waals surface area contributed by atoms with E-state index in [2.05, 4.69) is 29.6 Å². The van der Waals surface area contributed by atoms with Gasteiger partial charge < -0.3 is 0 Å². The standard InChI is InChI=1S/C15H17N3O2/c1-10-11-2-3-12(8-11)15(10)9-16-17-13-4-6-14(7-5-13)18(19)20/h2-7,9-12,15,17H,8H2,1H3/b16-9-/t10-,11+,12-,15+/m0/s1. The number of nitro benzene ring substituents is 1. The normalized spacial score (nSPS) is 31.1. The third-order valence-corrected chi connectivity index (χ3v) is 4.45. The molecular weight excluding hydrogens is 254 g/mol. The first kappa shape index (κ1) is 12.8. The highest BCUT2D eigenvalue weighted by Gasteiger charge is 2.40. The fourth-order valence-electron chi connectivity index (χ4n) is 3.21. The third-order valence-electron chi connectivity index (χ3n) is 4.45. The van der Waals surface area contributed by atoms with Gasteiger partial charge in [0, 0.05) is 24.3 Å². The summed E-state index contributed by atoms with van der Waals surface area (Å²) in [5.74, 6) is 2.47. The zero-order valence-corrected chi connectivity index (χ0v) is 11.3. The molecule has 0 spiro atoms. The van der Waals surface area contributed by atoms with E-state index in [-0.39, 0.29) is 5.69 Å². The number of benzene rings is 1. The summed E-state index contributed by atoms with van der Waals surface area (Å²) in [6.07, 6.45) is 7.85. The minimum absolute atomic E-state index is 0.0893. The summed E-state index contributed by atoms with van der Waals surface area (Å²) in [6, 6.07) is 6.28. The molecule has 0 saturated heterocycles. The lowest BCUT2D eigenvalue weighted by atomic mass is 9.85. The molecule has 104 valence electrons. The summed E-state index contributed by atoms with van der Waals surface area (Å²) in [6.45, 7) is 2.27. The van der Waals surface area contributed by atoms with Gasteiger partial charge in [-0.1, -0.05) is 19.1 Å². The van der Waals surface area contributed by atoms with Gasteiger partial charge in [0.05, 0.1) is 10.6 Å². The molecule has 0 heterocycles. The molecule has 4 atom stereocenters. The molecule has 2 bridgehead atoms. The van der Waals surface area contributed by atoms with Gasteiger partial charge in [-0.2, -0.15) is 5.10 Å². The van der Waals surface area contributed by atoms with Crippen molar-refractivity contribution in [3.63, 3.8) is 0 Å². The van der Waals surface area contributed by atoms with Gasteiger partial charge in [0.15, 0.2) is 0 Å². The molecule has 0 unspecified atom stereocenters. The number of hydrazone groups is 1. The van der Waals surface area contributed by atoms with Gasteiger partial charge in [-0.05, 0) is 36.3 Å². The first-order chi connectivity index (χ1) is 9.65. The Morgan fingerprint density at radius 3 is 2.60 bits per heavy atom. The van der Waals surface area contributed by atoms with E-state index in [1.54, 1.807) is 12.1 Å². The summed E-state index contributed by atoms with van der Waals surface area (Å²) < 4.78 is 0. The van der Waals surface area contributed by atoms with Crippen molar-refractivity contribution in [3.05, 3.63) is 46.5 Å². The number of fused-ring (bicyclic) bond motifs is 2. The maximum Gasteiger partial charge on any atom is 0.269 e. The summed E-state index contributed by atoms with van der Waals surface area (Å²) in [5.41, 5.74) is 3.79. The molecule has 3 rings (SSSR count). The van der Waals surface area contributed by atoms with Gasteiger partial charge >= 0.3 is 0 Å². The maximum absolute atomic E-state index is 10.6. The van der Waals surface area contributed by atoms with Crippen LogP contribution in [-0.4, -0.2) is 11.1 Å². The number of anilines is 1. The zero-order valence-electron chi connectivity index (χ0n) is 11.3. The van der Waals surface area contributed by atoms with E-state index >= 15 is 0 Å². The molecular formula is C15H17N3O2. The van der Waals surface area contributed by atoms with Crippen LogP contribution in [0.4, 0.5) is 11.4 Å². The molecule has 0 aromatic heterocycles. The van der Waals surface area contributed by atoms with E-state index in [4.69, 9.17) is 0 Å². The Bertz CT molecular complexity index is 565. The molecule has 0 amide bonds. The van der Waals surface area contributed by atoms with Crippen LogP contribution in [0.15, 0.2) is 41.5 Å². The van der Waals surface area contributed by atoms with Crippen molar-refractivity contribution in [2.75, 3.05) is 5.43 Å². The van der Waals surface area contributed by atoms with E-state index < -0.39 is 4.92 Å². The Kier molecular flexibility index (Phi) is 3.26. The molecule has 0 radical (unpaired) electrons. The molecule has 2 aliphatic carbocycles. The van der Waals surface area contributed by atoms with Crippen LogP contribution >= 0.6 is 0 Å². The highest BCUT2D eigenvalue weighted by molar-refractivity contribution is 5.65. The minimum Gasteiger partial charge on any atom is -0.279 e. The minimum atomic E-state index is -0.406. The molecule has 1 saturated carbocycles. The molecule has 1 N–H and O–H groups in total. The van der Waals surface area contributed by atoms with E-state index in [1.165, 1.54) is 18.6 Å². The summed E-state index contributed by atoms with van der Waals surface area (Å²) in [5, 5.41) is 14.8. The monoisotopic (exact) mass is 271 g/mol. The molecule has 2 aliphatic rings. The fourth-order valence-corrected chi connectivity index (χ4v) is 3.21. The van der Waals surface area contributed by atoms with Gasteiger partial charge in [-0.15, -0.1) is 0 Å². The quantitative estimate of drug-likeness (QED) is 0.394. The van der Waals surface area contributed by atoms with Gasteiger partial charge in [-0.3, -0.25) is 15.5 Å². The molecule has 5 heteroatoms. The number of allylic oxidation sites excluding steroid dienone is 2. The average Bonchev–Trinajstić information content (AvgIpc) is 3.02. The zero-order chi connectivity index (χ0) is 14.1. The Hall–Kier alpha value is -2.17. The molecule has 1 aromatic carbocycles. The number of nitro groups is 1. The van der Waals surface area contributed by atoms with Crippen molar-refractivity contribution in [2.45, 2.75) is 13.3 Å². The summed E-state index contributed by atoms with van der Waals surface area (Å²) in [7, 11) is 0. The Labute approximate surface area is 117 Å². The third kappa shape index (κ3) is 2.31. The average molecular weight is 271 g/mol. The van der Waals surface area contributed by atoms with E-state index in [1.807, 2.05) is 6.21 Å². The van der Waals surface area contributed by atoms with Crippen LogP contribution in [0.1, 0.15) is 13.3 Å². The Morgan fingerprint density at radius 2 is 2.00 bits per heavy atom. The predicted molar refractivity (Wildman–Crippen MR) is 78.6 cm³/mol. The van der Waals surface area contributed by atoms with Crippen molar-refractivity contribution in [1.29, 1.82) is 0 Å². The molecule has 20 heavy (non-hydrogen) atoms. The Balaban J connectivity index is 1.60. The van der Waals surface area contributed by atoms with E-state index in [0.717, 1.165) is 5.69 Å². The molecule has 1 aromatic rings. The smallest absolute Gasteiger partial charge is 0.269 e. The number of hydrogen-bond donors (Lipinski definition) is 1. The number of hydrogen-bond acceptors (Lipinski definition) is 4. The lowest BCUT2D eigenvalue weighted by Gasteiger charge is -2.20. The second-order valence-corrected chi connectivity index (χ2v) is 5.58. The van der Waals surface area contributed by atoms with E-state index in [0.29, 0.717) is 23.7 Å². The van der Waals surface area contributed by atoms with Crippen LogP contribution in [0.3, 0.4) is 0 Å². The first-order valence-corrected chi connectivity index (χ1v) is 6.87. The number of non-ortho nitro benzene ring substituents is 1. The predicted octanol–water partition coefficient (Wildman–Crippen LogP) is 3.45. The fraction of sp³-hybridized carbons (Fsp3) is 0.400. The lowest BCUT2D eigenvalue weighted by molar-refractivity contribution is -0.384. The summed E-state index contributed by atoms with van der Waals surface area (Å²) >= 11 is 0. The van der Waals surface area contributed by atoms with Crippen LogP contribution < -0.4 is 5.43 Å². The summed E-state index contributed by atoms with van der Waals surface area (Å²) in [4.78, 5) is 10.2. The first-order valence-electron chi connectivity index (χ1n) is 6.87. The van der Waals surface area contributed by atoms with Crippen LogP contribution in [0.2, 0.25) is 0 Å². The van der Waals surface area contributed by atoms with Gasteiger partial charge in [0.2, 0.25) is 0 Å². The molecule has 5 nitrogen and oxygen atoms in total. The number of nitrogens with zero attached hydrogens (tertiary/aromatic N) is 2. The van der Waals surface area contributed by atoms with Crippen molar-refractivity contribution in [3.8, 4) is 0 Å². The topological polar surface area (TPSA) is 67.5 Å². The van der Waals surface area contributed by atoms with Crippen LogP contribution in [0.25, 0.3) is 0 Å². The van der Waals surface area contributed by atoms with Crippen molar-refractivity contribution < 1.29 is 4.92 Å². The van der Waals surface area contributed by atoms with Gasteiger partial charge in [0.25, 0.3) is 5.69 Å². The maximum atomic E-state index is 10.6. The van der Waals surface area contributed by atoms with Crippen molar-refractivity contribution in [1.82, 2.24) is 0 Å². The van der Waals surface area contributed by atoms with Crippen molar-refractivity contribution in [2.24, 2.45) is 28.8 Å². The SMILES string of the molecule is C[C@@H]1[C@@H](/C=N\Nc2ccc([N+](=O)[O-])cc2)[C@H]2C=C[C@@H]1C2. The Morgan fingerprint density at radius 1 is 1.30 bits per heavy atom. The van der Waals surface area contributed by atoms with Gasteiger partial charge in [0.1, 0.15) is 0 Å². The molecule has 1 fully saturated rings. The number of rotatable bonds is 4. The second-order valence-electron chi connectivity index (χ2n) is 5.58. The van der Waals surface area contributed by atoms with Crippen LogP contribution in [0, 0.1) is 33.8 Å². The van der Waals surface area contributed by atoms with Crippen LogP contribution in [-0.2, 0) is 0 Å². The lowest BCUT2D eigenvalue weighted by Crippen LogP contribution is -2.18. The van der Waals surface area contributed by atoms with Crippen LogP contribution in [0.5, 0.6) is 0 Å². The van der Waals surface area contributed by atoms with E-state index in [9.17, 15) is 10.1 Å².